The summed E-state index contributed by atoms with van der Waals surface area (Å²) in [6.07, 6.45) is 0. The lowest BCUT2D eigenvalue weighted by Crippen LogP contribution is -2.14. The Hall–Kier alpha value is 0.680. The number of rotatable bonds is 2. The van der Waals surface area contributed by atoms with Gasteiger partial charge in [-0.2, -0.15) is 8.42 Å². The lowest BCUT2D eigenvalue weighted by molar-refractivity contribution is 0.478. The summed E-state index contributed by atoms with van der Waals surface area (Å²) in [7, 11) is -4.56. The summed E-state index contributed by atoms with van der Waals surface area (Å²) in [6.45, 7) is 0. The number of nitrogens with one attached hydrogen (secondary N) is 1. The average molecular weight is 214 g/mol. The van der Waals surface area contributed by atoms with Crippen LogP contribution in [0.15, 0.2) is 0 Å². The van der Waals surface area contributed by atoms with Crippen molar-refractivity contribution in [3.8, 4) is 0 Å². The molecule has 0 aliphatic rings. The smallest absolute Gasteiger partial charge is 0.273 e. The quantitative estimate of drug-likeness (QED) is 0.529. The van der Waals surface area contributed by atoms with E-state index in [-0.39, 0.29) is 0 Å². The number of halogens is 2. The standard InChI is InChI=1S/Cl2H2NO4PS/c1-8(2,4)3-9(5,6)7/h(H,3,4)(H,5,6,7). The minimum atomic E-state index is -4.56. The Balaban J connectivity index is 4.26. The highest BCUT2D eigenvalue weighted by molar-refractivity contribution is 8.13. The van der Waals surface area contributed by atoms with E-state index in [2.05, 4.69) is 22.5 Å². The van der Waals surface area contributed by atoms with Crippen molar-refractivity contribution >= 4 is 38.8 Å². The van der Waals surface area contributed by atoms with Crippen LogP contribution in [-0.4, -0.2) is 13.0 Å². The normalized spacial score (nSPS) is 13.7. The van der Waals surface area contributed by atoms with Gasteiger partial charge in [-0.25, -0.2) is 0 Å². The van der Waals surface area contributed by atoms with Gasteiger partial charge in [0.1, 0.15) is 0 Å². The fourth-order valence-corrected chi connectivity index (χ4v) is 2.78. The fourth-order valence-electron chi connectivity index (χ4n) is 0.134. The van der Waals surface area contributed by atoms with Crippen LogP contribution in [0.2, 0.25) is 0 Å². The van der Waals surface area contributed by atoms with E-state index in [0.717, 1.165) is 4.49 Å². The molecule has 9 heavy (non-hydrogen) atoms. The lowest BCUT2D eigenvalue weighted by atomic mass is 13.9. The van der Waals surface area contributed by atoms with Crippen LogP contribution in [0.5, 0.6) is 0 Å². The minimum Gasteiger partial charge on any atom is -0.273 e. The van der Waals surface area contributed by atoms with E-state index in [9.17, 15) is 13.0 Å². The summed E-state index contributed by atoms with van der Waals surface area (Å²) in [5.74, 6) is -3.93. The molecule has 2 N–H and O–H groups in total. The first-order valence-electron chi connectivity index (χ1n) is 1.46. The molecule has 0 unspecified atom stereocenters. The molecule has 0 amide bonds. The Morgan fingerprint density at radius 3 is 1.78 bits per heavy atom. The molecule has 0 rings (SSSR count). The SMILES string of the molecule is O=P(Cl)(Cl)NS(=O)(=O)O. The van der Waals surface area contributed by atoms with Crippen LogP contribution < -0.4 is 4.49 Å². The Bertz CT molecular complexity index is 225. The molecule has 5 nitrogen and oxygen atoms in total. The molecule has 0 heterocycles. The van der Waals surface area contributed by atoms with E-state index in [4.69, 9.17) is 4.55 Å². The molecule has 0 aliphatic carbocycles. The molecule has 56 valence electrons. The molecule has 0 aromatic rings. The molecule has 0 bridgehead atoms. The molecule has 0 spiro atoms. The summed E-state index contributed by atoms with van der Waals surface area (Å²) in [5, 5.41) is 0. The minimum absolute atomic E-state index is 1.07. The fraction of sp³-hybridized carbons (Fsp3) is 0. The third kappa shape index (κ3) is 8.68. The van der Waals surface area contributed by atoms with Gasteiger partial charge in [0.2, 0.25) is 0 Å². The second-order valence-electron chi connectivity index (χ2n) is 1.03. The van der Waals surface area contributed by atoms with Crippen molar-refractivity contribution in [2.45, 2.75) is 0 Å². The molecule has 0 radical (unpaired) electrons. The summed E-state index contributed by atoms with van der Waals surface area (Å²) in [4.78, 5) is 0. The predicted molar refractivity (Wildman–Crippen MR) is 34.0 cm³/mol. The van der Waals surface area contributed by atoms with Crippen molar-refractivity contribution in [3.63, 3.8) is 0 Å². The van der Waals surface area contributed by atoms with Gasteiger partial charge in [0, 0.05) is 0 Å². The second kappa shape index (κ2) is 2.74. The summed E-state index contributed by atoms with van der Waals surface area (Å²) in [5.41, 5.74) is 0. The first kappa shape index (κ1) is 9.68. The van der Waals surface area contributed by atoms with E-state index < -0.39 is 16.3 Å². The molecule has 0 aromatic heterocycles. The lowest BCUT2D eigenvalue weighted by Gasteiger charge is -1.97. The zero-order valence-electron chi connectivity index (χ0n) is 3.78. The van der Waals surface area contributed by atoms with Gasteiger partial charge >= 0.3 is 16.3 Å². The van der Waals surface area contributed by atoms with Crippen molar-refractivity contribution in [1.82, 2.24) is 4.49 Å². The van der Waals surface area contributed by atoms with Crippen LogP contribution in [-0.2, 0) is 14.9 Å². The van der Waals surface area contributed by atoms with Crippen molar-refractivity contribution < 1.29 is 17.5 Å². The van der Waals surface area contributed by atoms with Crippen molar-refractivity contribution in [3.05, 3.63) is 0 Å². The average Bonchev–Trinajstić information content (AvgIpc) is 1.14. The molecule has 0 atom stereocenters. The van der Waals surface area contributed by atoms with E-state index in [1.165, 1.54) is 0 Å². The molecule has 0 aromatic carbocycles. The molecule has 0 saturated carbocycles. The van der Waals surface area contributed by atoms with Gasteiger partial charge in [-0.15, -0.1) is 4.49 Å². The highest BCUT2D eigenvalue weighted by Gasteiger charge is 2.20. The first-order chi connectivity index (χ1) is 3.71. The molecule has 0 saturated heterocycles. The Morgan fingerprint density at radius 2 is 1.78 bits per heavy atom. The maximum atomic E-state index is 10.1. The highest BCUT2D eigenvalue weighted by Crippen LogP contribution is 2.52. The van der Waals surface area contributed by atoms with Crippen LogP contribution in [0, 0.1) is 0 Å². The van der Waals surface area contributed by atoms with Crippen LogP contribution >= 0.6 is 28.5 Å². The van der Waals surface area contributed by atoms with E-state index in [1.54, 1.807) is 0 Å². The summed E-state index contributed by atoms with van der Waals surface area (Å²) < 4.78 is 38.6. The third-order valence-electron chi connectivity index (χ3n) is 0.222. The molecule has 9 heteroatoms. The van der Waals surface area contributed by atoms with Crippen LogP contribution in [0.4, 0.5) is 0 Å². The molecule has 0 fully saturated rings. The molecular weight excluding hydrogens is 212 g/mol. The van der Waals surface area contributed by atoms with E-state index >= 15 is 0 Å². The predicted octanol–water partition coefficient (Wildman–Crippen LogP) is 0.964. The van der Waals surface area contributed by atoms with E-state index in [0.29, 0.717) is 0 Å². The van der Waals surface area contributed by atoms with Gasteiger partial charge in [-0.05, 0) is 22.5 Å². The Kier molecular flexibility index (Phi) is 2.94. The Morgan fingerprint density at radius 1 is 1.44 bits per heavy atom. The van der Waals surface area contributed by atoms with Gasteiger partial charge in [0.15, 0.2) is 0 Å². The van der Waals surface area contributed by atoms with E-state index in [1.807, 2.05) is 0 Å². The Labute approximate surface area is 61.2 Å². The maximum Gasteiger partial charge on any atom is 0.340 e. The van der Waals surface area contributed by atoms with Crippen LogP contribution in [0.1, 0.15) is 0 Å². The third-order valence-corrected chi connectivity index (χ3v) is 3.24. The van der Waals surface area contributed by atoms with Gasteiger partial charge in [0.05, 0.1) is 0 Å². The summed E-state index contributed by atoms with van der Waals surface area (Å²) >= 11 is 9.38. The van der Waals surface area contributed by atoms with Gasteiger partial charge < -0.3 is 0 Å². The second-order valence-corrected chi connectivity index (χ2v) is 7.01. The zero-order valence-corrected chi connectivity index (χ0v) is 7.01. The molecule has 0 aliphatic heterocycles. The van der Waals surface area contributed by atoms with Gasteiger partial charge in [-0.1, -0.05) is 0 Å². The largest absolute Gasteiger partial charge is 0.340 e. The first-order valence-corrected chi connectivity index (χ1v) is 6.42. The van der Waals surface area contributed by atoms with Crippen molar-refractivity contribution in [2.24, 2.45) is 0 Å². The van der Waals surface area contributed by atoms with Crippen LogP contribution in [0.3, 0.4) is 0 Å². The summed E-state index contributed by atoms with van der Waals surface area (Å²) in [6, 6.07) is 0. The maximum absolute atomic E-state index is 10.1. The molecular formula is H2Cl2NO4PS. The highest BCUT2D eigenvalue weighted by atomic mass is 35.9. The van der Waals surface area contributed by atoms with Gasteiger partial charge in [0.25, 0.3) is 0 Å². The monoisotopic (exact) mass is 213 g/mol. The van der Waals surface area contributed by atoms with Crippen LogP contribution in [0.25, 0.3) is 0 Å². The van der Waals surface area contributed by atoms with Gasteiger partial charge in [-0.3, -0.25) is 9.12 Å². The number of hydrogen-bond acceptors (Lipinski definition) is 3. The van der Waals surface area contributed by atoms with Crippen molar-refractivity contribution in [2.75, 3.05) is 0 Å². The van der Waals surface area contributed by atoms with Crippen molar-refractivity contribution in [1.29, 1.82) is 0 Å². The topological polar surface area (TPSA) is 83.5 Å². The zero-order chi connectivity index (χ0) is 7.71. The number of hydrogen-bond donors (Lipinski definition) is 2.